The smallest absolute Gasteiger partial charge is 0.407 e. The van der Waals surface area contributed by atoms with Gasteiger partial charge in [-0.3, -0.25) is 24.4 Å². The van der Waals surface area contributed by atoms with Crippen molar-refractivity contribution < 1.29 is 79.5 Å². The second-order valence-electron chi connectivity index (χ2n) is 32.1. The van der Waals surface area contributed by atoms with Crippen molar-refractivity contribution in [2.75, 3.05) is 54.2 Å². The largest absolute Gasteiger partial charge is 0.488 e. The molecular weight excluding hydrogens is 1540 g/mol. The van der Waals surface area contributed by atoms with Gasteiger partial charge in [-0.15, -0.1) is 0 Å². The highest BCUT2D eigenvalue weighted by molar-refractivity contribution is 6.08. The lowest BCUT2D eigenvalue weighted by Gasteiger charge is -2.31. The molecule has 30 heteroatoms. The van der Waals surface area contributed by atoms with E-state index in [9.17, 15) is 46.3 Å². The van der Waals surface area contributed by atoms with Crippen molar-refractivity contribution >= 4 is 80.3 Å². The van der Waals surface area contributed by atoms with Gasteiger partial charge >= 0.3 is 31.5 Å². The van der Waals surface area contributed by atoms with Crippen molar-refractivity contribution in [2.45, 2.75) is 161 Å². The number of ether oxygens (including phenoxy) is 7. The third-order valence-electron chi connectivity index (χ3n) is 23.9. The Morgan fingerprint density at radius 3 is 1.66 bits per heavy atom. The maximum absolute atomic E-state index is 14.0. The van der Waals surface area contributed by atoms with Gasteiger partial charge in [-0.1, -0.05) is 107 Å². The van der Waals surface area contributed by atoms with Crippen molar-refractivity contribution in [3.63, 3.8) is 0 Å². The predicted octanol–water partition coefficient (Wildman–Crippen LogP) is 15.2. The fourth-order valence-electron chi connectivity index (χ4n) is 17.8. The van der Waals surface area contributed by atoms with Gasteiger partial charge in [0.15, 0.2) is 0 Å². The minimum atomic E-state index is -2.90. The molecule has 17 rings (SSSR count). The zero-order valence-corrected chi connectivity index (χ0v) is 67.2. The van der Waals surface area contributed by atoms with Gasteiger partial charge in [0.05, 0.1) is 81.8 Å². The van der Waals surface area contributed by atoms with E-state index in [1.54, 1.807) is 29.8 Å². The zero-order valence-electron chi connectivity index (χ0n) is 67.2. The second-order valence-corrected chi connectivity index (χ2v) is 32.1. The number of likely N-dealkylation sites (tertiary alicyclic amines) is 2. The molecule has 8 aliphatic rings. The molecule has 0 spiro atoms. The second kappa shape index (κ2) is 35.8. The molecule has 1 unspecified atom stereocenters. The number of aromatic nitrogens is 4. The first-order valence-corrected chi connectivity index (χ1v) is 40.5. The number of nitrogens with one attached hydrogen (secondary N) is 6. The van der Waals surface area contributed by atoms with Crippen LogP contribution in [-0.2, 0) is 64.1 Å². The molecule has 6 amide bonds. The Hall–Kier alpha value is -11.8. The Morgan fingerprint density at radius 1 is 0.563 bits per heavy atom. The highest BCUT2D eigenvalue weighted by atomic mass is 19.3. The molecule has 624 valence electrons. The van der Waals surface area contributed by atoms with Crippen LogP contribution in [-0.4, -0.2) is 169 Å². The molecule has 2 aromatic heterocycles. The highest BCUT2D eigenvalue weighted by Crippen LogP contribution is 2.48. The summed E-state index contributed by atoms with van der Waals surface area (Å²) >= 11 is 0. The summed E-state index contributed by atoms with van der Waals surface area (Å²) in [6, 6.07) is 35.7. The average molecular weight is 1630 g/mol. The molecule has 8 N–H and O–H groups in total. The average Bonchev–Trinajstić information content (AvgIpc) is 1.73. The molecule has 8 atom stereocenters. The predicted molar refractivity (Wildman–Crippen MR) is 439 cm³/mol. The number of H-pyrrole nitrogens is 2. The van der Waals surface area contributed by atoms with E-state index < -0.39 is 61.6 Å². The number of rotatable bonds is 21. The molecule has 119 heavy (non-hydrogen) atoms. The summed E-state index contributed by atoms with van der Waals surface area (Å²) in [7, 11) is 3.75. The van der Waals surface area contributed by atoms with E-state index >= 15 is 0 Å². The lowest BCUT2D eigenvalue weighted by Crippen LogP contribution is -2.53. The molecule has 7 aromatic carbocycles. The molecule has 1 saturated carbocycles. The Kier molecular flexibility index (Phi) is 24.8. The van der Waals surface area contributed by atoms with Crippen LogP contribution in [0.15, 0.2) is 138 Å². The number of fused-ring (bicyclic) bond motifs is 12. The van der Waals surface area contributed by atoms with Crippen molar-refractivity contribution in [3.05, 3.63) is 167 Å². The topological polar surface area (TPSA) is 330 Å². The molecule has 1 aliphatic carbocycles. The maximum atomic E-state index is 14.0. The SMILES string of the molecule is COC(=O)N[C@@H](C(=O)N1CCCC1c1ncc(-c2ccc3c(c2)COc2cc4c5c(ccc4cc2-3)N=C([C@@H]2C[C@H](COC(F)F)CN2)C5)[nH]1)c1ccccc1.COC(=O)N[C@H](C(=O)N1C[C@@H](COC(F)F)C[C@H]1C1=Nc2ccc3cc4c(cc3c2C1)OCc1cc(-c2cnc(C3CCCC3)[nH]2)ccc1-4)C(C)C.COC(=O)N[C@H](C(N)=O)C(C)C. The number of imidazole rings is 2. The Balaban J connectivity index is 0.000000164. The van der Waals surface area contributed by atoms with E-state index in [4.69, 9.17) is 44.6 Å². The summed E-state index contributed by atoms with van der Waals surface area (Å²) in [5, 5.41) is 15.4. The van der Waals surface area contributed by atoms with Crippen molar-refractivity contribution in [1.29, 1.82) is 0 Å². The van der Waals surface area contributed by atoms with Gasteiger partial charge in [-0.25, -0.2) is 24.4 Å². The Labute approximate surface area is 685 Å². The summed E-state index contributed by atoms with van der Waals surface area (Å²) in [5.41, 5.74) is 21.8. The first-order chi connectivity index (χ1) is 57.5. The van der Waals surface area contributed by atoms with E-state index in [-0.39, 0.29) is 67.3 Å². The van der Waals surface area contributed by atoms with Crippen LogP contribution in [0.1, 0.15) is 137 Å². The minimum absolute atomic E-state index is 0.0308. The summed E-state index contributed by atoms with van der Waals surface area (Å²) in [5.74, 6) is 2.28. The van der Waals surface area contributed by atoms with Crippen molar-refractivity contribution in [2.24, 2.45) is 39.4 Å². The number of methoxy groups -OCH3 is 3. The number of benzene rings is 7. The number of amides is 6. The lowest BCUT2D eigenvalue weighted by molar-refractivity contribution is -0.139. The van der Waals surface area contributed by atoms with Crippen molar-refractivity contribution in [1.82, 2.24) is 51.0 Å². The molecule has 0 bridgehead atoms. The number of carbonyl (C=O) groups excluding carboxylic acids is 6. The Morgan fingerprint density at radius 2 is 1.10 bits per heavy atom. The molecule has 9 aromatic rings. The minimum Gasteiger partial charge on any atom is -0.488 e. The summed E-state index contributed by atoms with van der Waals surface area (Å²) < 4.78 is 87.1. The van der Waals surface area contributed by atoms with E-state index in [1.807, 2.05) is 56.4 Å². The molecular formula is C89H97F4N13O13. The first-order valence-electron chi connectivity index (χ1n) is 40.5. The first kappa shape index (κ1) is 82.3. The number of aliphatic imine (C=N–C) groups is 2. The van der Waals surface area contributed by atoms with E-state index in [0.717, 1.165) is 148 Å². The number of nitrogens with two attached hydrogens (primary N) is 1. The van der Waals surface area contributed by atoms with E-state index in [2.05, 4.69) is 124 Å². The van der Waals surface area contributed by atoms with Crippen LogP contribution in [0.3, 0.4) is 0 Å². The fourth-order valence-corrected chi connectivity index (χ4v) is 17.8. The molecule has 3 saturated heterocycles. The molecule has 0 radical (unpaired) electrons. The summed E-state index contributed by atoms with van der Waals surface area (Å²) in [6.07, 6.45) is 10.5. The number of carbonyl (C=O) groups is 6. The van der Waals surface area contributed by atoms with E-state index in [0.29, 0.717) is 62.9 Å². The van der Waals surface area contributed by atoms with Gasteiger partial charge in [-0.2, -0.15) is 17.6 Å². The van der Waals surface area contributed by atoms with Gasteiger partial charge in [0.1, 0.15) is 54.5 Å². The van der Waals surface area contributed by atoms with Gasteiger partial charge in [-0.05, 0) is 176 Å². The number of nitrogens with zero attached hydrogens (tertiary/aromatic N) is 6. The van der Waals surface area contributed by atoms with Crippen LogP contribution in [0.25, 0.3) is 66.3 Å². The molecule has 7 aliphatic heterocycles. The van der Waals surface area contributed by atoms with Crippen LogP contribution >= 0.6 is 0 Å². The van der Waals surface area contributed by atoms with Crippen LogP contribution in [0.2, 0.25) is 0 Å². The van der Waals surface area contributed by atoms with Gasteiger partial charge < -0.3 is 79.9 Å². The summed E-state index contributed by atoms with van der Waals surface area (Å²) in [6.45, 7) is 3.68. The van der Waals surface area contributed by atoms with Gasteiger partial charge in [0.2, 0.25) is 11.8 Å². The normalized spacial score (nSPS) is 19.5. The monoisotopic (exact) mass is 1630 g/mol. The van der Waals surface area contributed by atoms with Crippen LogP contribution in [0.4, 0.5) is 43.3 Å². The van der Waals surface area contributed by atoms with Crippen LogP contribution < -0.4 is 36.5 Å². The number of primary amides is 1. The van der Waals surface area contributed by atoms with E-state index in [1.165, 1.54) is 47.0 Å². The maximum Gasteiger partial charge on any atom is 0.407 e. The standard InChI is InChI=1S/C42H40F2N6O5.C40H43F2N5O5.C7H14N2O3/c1-53-42(52)49-38(24-6-3-2-4-7-24)40(51)50-13-5-8-36(50)39-46-20-35(48-39)26-9-11-28-27(15-26)22-54-37-18-29-25(16-31(28)37)10-12-32-30(29)17-34(47-32)33-14-23(19-45-33)21-55-41(43)44;1-21(2)36(46-40(49)50-3)38(48)47-18-22(19-52-39(41)42)12-34(47)32-15-29-28-16-35-30(14-24(28)9-11-31(29)44-32)27-10-8-25(13-26(27)20-51-35)33-17-43-37(45-33)23-6-4-5-7-23;1-4(2)5(6(8)10)9-7(11)12-3/h2-4,6-7,9-12,15-16,18,20,23,33,36,38,41,45H,5,8,13-14,17,19,21-22H2,1H3,(H,46,48)(H,49,52);8-11,13-14,16-17,21-23,34,36,39H,4-7,12,15,18-20H2,1-3H3,(H,43,45)(H,46,49);4-5H,1-3H3,(H2,8,10)(H,9,11)/t23-,33-,36?,38+;22-,34-,36-;5-/m000/s1. The lowest BCUT2D eigenvalue weighted by atomic mass is 9.90. The molecule has 9 heterocycles. The number of hydrogen-bond acceptors (Lipinski definition) is 18. The van der Waals surface area contributed by atoms with Crippen molar-refractivity contribution in [3.8, 4) is 56.3 Å². The zero-order chi connectivity index (χ0) is 83.4. The number of alkyl halides is 4. The number of alkyl carbamates (subject to hydrolysis) is 3. The number of aromatic amines is 2. The highest BCUT2D eigenvalue weighted by Gasteiger charge is 2.44. The molecule has 26 nitrogen and oxygen atoms in total. The van der Waals surface area contributed by atoms with Gasteiger partial charge in [0, 0.05) is 72.9 Å². The Bertz CT molecular complexity index is 5380. The quantitative estimate of drug-likeness (QED) is 0.0260. The third-order valence-corrected chi connectivity index (χ3v) is 23.9. The van der Waals surface area contributed by atoms with Gasteiger partial charge in [0.25, 0.3) is 5.91 Å². The van der Waals surface area contributed by atoms with Crippen LogP contribution in [0.5, 0.6) is 11.5 Å². The summed E-state index contributed by atoms with van der Waals surface area (Å²) in [4.78, 5) is 104. The number of hydrogen-bond donors (Lipinski definition) is 7. The molecule has 4 fully saturated rings. The van der Waals surface area contributed by atoms with Crippen LogP contribution in [0, 0.1) is 23.7 Å². The third kappa shape index (κ3) is 17.9. The fraction of sp³-hybridized carbons (Fsp3) is 0.416. The number of halogens is 4.